The first-order valence-corrected chi connectivity index (χ1v) is 7.60. The molecule has 0 saturated heterocycles. The van der Waals surface area contributed by atoms with Gasteiger partial charge in [0.2, 0.25) is 0 Å². The molecule has 4 nitrogen and oxygen atoms in total. The highest BCUT2D eigenvalue weighted by molar-refractivity contribution is 7.89. The summed E-state index contributed by atoms with van der Waals surface area (Å²) in [6.45, 7) is 1.94. The number of nitrogens with one attached hydrogen (secondary N) is 1. The number of hydrogen-bond donors (Lipinski definition) is 1. The Morgan fingerprint density at radius 3 is 2.37 bits per heavy atom. The lowest BCUT2D eigenvalue weighted by Gasteiger charge is -2.17. The minimum atomic E-state index is -3.58. The van der Waals surface area contributed by atoms with E-state index in [4.69, 9.17) is 0 Å². The standard InChI is InChI=1S/C14H16N2O2S/c1-2-13(12-8-4-3-5-9-12)16-19(17,18)14-10-6-7-11-15-14/h3-11,13,16H,2H2,1H3/t13-/m1/s1. The van der Waals surface area contributed by atoms with E-state index in [-0.39, 0.29) is 11.1 Å². The molecular weight excluding hydrogens is 260 g/mol. The Labute approximate surface area is 113 Å². The molecule has 1 heterocycles. The number of pyridine rings is 1. The van der Waals surface area contributed by atoms with Gasteiger partial charge >= 0.3 is 0 Å². The third-order valence-electron chi connectivity index (χ3n) is 2.82. The fourth-order valence-electron chi connectivity index (χ4n) is 1.83. The highest BCUT2D eigenvalue weighted by Gasteiger charge is 2.20. The second-order valence-corrected chi connectivity index (χ2v) is 5.82. The maximum Gasteiger partial charge on any atom is 0.258 e. The van der Waals surface area contributed by atoms with Crippen LogP contribution in [0.4, 0.5) is 0 Å². The quantitative estimate of drug-likeness (QED) is 0.912. The average Bonchev–Trinajstić information content (AvgIpc) is 2.47. The number of rotatable bonds is 5. The Hall–Kier alpha value is -1.72. The normalized spacial score (nSPS) is 13.1. The van der Waals surface area contributed by atoms with Crippen molar-refractivity contribution in [3.05, 3.63) is 60.3 Å². The first kappa shape index (κ1) is 13.7. The number of benzene rings is 1. The SMILES string of the molecule is CC[C@@H](NS(=O)(=O)c1ccccn1)c1ccccc1. The van der Waals surface area contributed by atoms with Gasteiger partial charge in [0, 0.05) is 12.2 Å². The molecule has 0 radical (unpaired) electrons. The summed E-state index contributed by atoms with van der Waals surface area (Å²) < 4.78 is 27.1. The van der Waals surface area contributed by atoms with Gasteiger partial charge in [-0.2, -0.15) is 0 Å². The zero-order chi connectivity index (χ0) is 13.7. The van der Waals surface area contributed by atoms with Crippen molar-refractivity contribution in [3.63, 3.8) is 0 Å². The molecule has 0 amide bonds. The summed E-state index contributed by atoms with van der Waals surface area (Å²) in [6.07, 6.45) is 2.15. The van der Waals surface area contributed by atoms with E-state index in [2.05, 4.69) is 9.71 Å². The third kappa shape index (κ3) is 3.39. The topological polar surface area (TPSA) is 59.1 Å². The van der Waals surface area contributed by atoms with Gasteiger partial charge in [-0.15, -0.1) is 0 Å². The summed E-state index contributed by atoms with van der Waals surface area (Å²) in [4.78, 5) is 3.88. The third-order valence-corrected chi connectivity index (χ3v) is 4.21. The lowest BCUT2D eigenvalue weighted by atomic mass is 10.1. The predicted molar refractivity (Wildman–Crippen MR) is 74.0 cm³/mol. The molecule has 0 unspecified atom stereocenters. The summed E-state index contributed by atoms with van der Waals surface area (Å²) >= 11 is 0. The molecule has 1 atom stereocenters. The summed E-state index contributed by atoms with van der Waals surface area (Å²) in [5.41, 5.74) is 0.949. The Morgan fingerprint density at radius 2 is 1.79 bits per heavy atom. The molecule has 0 fully saturated rings. The number of hydrogen-bond acceptors (Lipinski definition) is 3. The smallest absolute Gasteiger partial charge is 0.243 e. The summed E-state index contributed by atoms with van der Waals surface area (Å²) in [6, 6.07) is 14.1. The second kappa shape index (κ2) is 5.95. The molecule has 1 aromatic heterocycles. The molecule has 19 heavy (non-hydrogen) atoms. The molecule has 5 heteroatoms. The average molecular weight is 276 g/mol. The molecule has 100 valence electrons. The highest BCUT2D eigenvalue weighted by Crippen LogP contribution is 2.18. The molecule has 2 rings (SSSR count). The molecule has 1 aromatic carbocycles. The van der Waals surface area contributed by atoms with E-state index in [0.29, 0.717) is 6.42 Å². The molecule has 2 aromatic rings. The van der Waals surface area contributed by atoms with Crippen LogP contribution in [0.2, 0.25) is 0 Å². The molecule has 0 spiro atoms. The molecule has 0 bridgehead atoms. The van der Waals surface area contributed by atoms with E-state index in [1.165, 1.54) is 12.3 Å². The summed E-state index contributed by atoms with van der Waals surface area (Å²) in [5, 5.41) is 0.0457. The van der Waals surface area contributed by atoms with Crippen LogP contribution in [-0.2, 0) is 10.0 Å². The minimum Gasteiger partial charge on any atom is -0.243 e. The van der Waals surface area contributed by atoms with Crippen LogP contribution < -0.4 is 4.72 Å². The van der Waals surface area contributed by atoms with Gasteiger partial charge in [0.15, 0.2) is 5.03 Å². The van der Waals surface area contributed by atoms with Gasteiger partial charge in [0.1, 0.15) is 0 Å². The highest BCUT2D eigenvalue weighted by atomic mass is 32.2. The Bertz CT molecular complexity index is 612. The van der Waals surface area contributed by atoms with Crippen molar-refractivity contribution in [1.29, 1.82) is 0 Å². The minimum absolute atomic E-state index is 0.0457. The van der Waals surface area contributed by atoms with E-state index in [1.807, 2.05) is 37.3 Å². The van der Waals surface area contributed by atoms with Crippen molar-refractivity contribution < 1.29 is 8.42 Å². The summed E-state index contributed by atoms with van der Waals surface area (Å²) in [5.74, 6) is 0. The second-order valence-electron chi connectivity index (χ2n) is 4.16. The largest absolute Gasteiger partial charge is 0.258 e. The van der Waals surface area contributed by atoms with E-state index in [9.17, 15) is 8.42 Å². The van der Waals surface area contributed by atoms with E-state index >= 15 is 0 Å². The van der Waals surface area contributed by atoms with Crippen molar-refractivity contribution in [1.82, 2.24) is 9.71 Å². The molecule has 0 saturated carbocycles. The zero-order valence-corrected chi connectivity index (χ0v) is 11.5. The van der Waals surface area contributed by atoms with Crippen LogP contribution in [0.25, 0.3) is 0 Å². The fraction of sp³-hybridized carbons (Fsp3) is 0.214. The van der Waals surface area contributed by atoms with Crippen LogP contribution in [0.5, 0.6) is 0 Å². The fourth-order valence-corrected chi connectivity index (χ4v) is 3.08. The van der Waals surface area contributed by atoms with Crippen molar-refractivity contribution in [2.24, 2.45) is 0 Å². The molecule has 0 aliphatic carbocycles. The van der Waals surface area contributed by atoms with Crippen molar-refractivity contribution in [2.75, 3.05) is 0 Å². The van der Waals surface area contributed by atoms with Gasteiger partial charge < -0.3 is 0 Å². The first-order valence-electron chi connectivity index (χ1n) is 6.12. The van der Waals surface area contributed by atoms with Crippen molar-refractivity contribution in [2.45, 2.75) is 24.4 Å². The molecule has 1 N–H and O–H groups in total. The maximum absolute atomic E-state index is 12.2. The molecular formula is C14H16N2O2S. The van der Waals surface area contributed by atoms with Crippen LogP contribution in [-0.4, -0.2) is 13.4 Å². The monoisotopic (exact) mass is 276 g/mol. The van der Waals surface area contributed by atoms with Crippen LogP contribution >= 0.6 is 0 Å². The summed E-state index contributed by atoms with van der Waals surface area (Å²) in [7, 11) is -3.58. The van der Waals surface area contributed by atoms with Crippen LogP contribution in [0.15, 0.2) is 59.8 Å². The van der Waals surface area contributed by atoms with Crippen molar-refractivity contribution in [3.8, 4) is 0 Å². The van der Waals surface area contributed by atoms with Gasteiger partial charge in [0.05, 0.1) is 0 Å². The first-order chi connectivity index (χ1) is 9.13. The Kier molecular flexibility index (Phi) is 4.29. The van der Waals surface area contributed by atoms with Crippen LogP contribution in [0, 0.1) is 0 Å². The van der Waals surface area contributed by atoms with Gasteiger partial charge in [0.25, 0.3) is 10.0 Å². The van der Waals surface area contributed by atoms with Crippen molar-refractivity contribution >= 4 is 10.0 Å². The van der Waals surface area contributed by atoms with Crippen LogP contribution in [0.1, 0.15) is 24.9 Å². The maximum atomic E-state index is 12.2. The van der Waals surface area contributed by atoms with Gasteiger partial charge in [-0.25, -0.2) is 18.1 Å². The Balaban J connectivity index is 2.24. The van der Waals surface area contributed by atoms with Crippen LogP contribution in [0.3, 0.4) is 0 Å². The predicted octanol–water partition coefficient (Wildman–Crippen LogP) is 2.51. The lowest BCUT2D eigenvalue weighted by Crippen LogP contribution is -2.28. The molecule has 0 aliphatic heterocycles. The van der Waals surface area contributed by atoms with E-state index in [1.54, 1.807) is 12.1 Å². The van der Waals surface area contributed by atoms with E-state index in [0.717, 1.165) is 5.56 Å². The number of aromatic nitrogens is 1. The van der Waals surface area contributed by atoms with E-state index < -0.39 is 10.0 Å². The number of nitrogens with zero attached hydrogens (tertiary/aromatic N) is 1. The van der Waals surface area contributed by atoms with Gasteiger partial charge in [-0.1, -0.05) is 43.3 Å². The van der Waals surface area contributed by atoms with Gasteiger partial charge in [-0.3, -0.25) is 0 Å². The van der Waals surface area contributed by atoms with Gasteiger partial charge in [-0.05, 0) is 24.1 Å². The lowest BCUT2D eigenvalue weighted by molar-refractivity contribution is 0.547. The Morgan fingerprint density at radius 1 is 1.11 bits per heavy atom. The zero-order valence-electron chi connectivity index (χ0n) is 10.7. The number of sulfonamides is 1. The molecule has 0 aliphatic rings.